The van der Waals surface area contributed by atoms with Crippen molar-refractivity contribution in [3.05, 3.63) is 35.6 Å². The third-order valence-electron chi connectivity index (χ3n) is 4.41. The van der Waals surface area contributed by atoms with Crippen LogP contribution in [-0.2, 0) is 6.42 Å². The van der Waals surface area contributed by atoms with Crippen molar-refractivity contribution in [3.8, 4) is 0 Å². The van der Waals surface area contributed by atoms with E-state index in [1.165, 1.54) is 19.3 Å². The van der Waals surface area contributed by atoms with Gasteiger partial charge in [-0.1, -0.05) is 32.0 Å². The number of rotatable bonds is 4. The molecule has 19 heavy (non-hydrogen) atoms. The van der Waals surface area contributed by atoms with Gasteiger partial charge in [-0.3, -0.25) is 0 Å². The molecule has 0 heterocycles. The largest absolute Gasteiger partial charge is 0.311 e. The first-order chi connectivity index (χ1) is 9.06. The molecule has 1 nitrogen and oxygen atoms in total. The van der Waals surface area contributed by atoms with Crippen LogP contribution in [0.5, 0.6) is 0 Å². The van der Waals surface area contributed by atoms with Crippen molar-refractivity contribution in [2.45, 2.75) is 58.5 Å². The lowest BCUT2D eigenvalue weighted by atomic mass is 9.79. The minimum atomic E-state index is -0.0820. The van der Waals surface area contributed by atoms with Crippen LogP contribution in [0.15, 0.2) is 24.3 Å². The Morgan fingerprint density at radius 3 is 2.68 bits per heavy atom. The fraction of sp³-hybridized carbons (Fsp3) is 0.647. The van der Waals surface area contributed by atoms with E-state index >= 15 is 0 Å². The molecule has 1 aromatic carbocycles. The van der Waals surface area contributed by atoms with E-state index in [0.29, 0.717) is 12.1 Å². The van der Waals surface area contributed by atoms with Crippen molar-refractivity contribution in [1.82, 2.24) is 5.32 Å². The van der Waals surface area contributed by atoms with Crippen LogP contribution >= 0.6 is 0 Å². The lowest BCUT2D eigenvalue weighted by molar-refractivity contribution is 0.215. The molecule has 0 aromatic heterocycles. The van der Waals surface area contributed by atoms with Gasteiger partial charge in [0.25, 0.3) is 0 Å². The zero-order valence-corrected chi connectivity index (χ0v) is 12.3. The molecule has 2 heteroatoms. The first kappa shape index (κ1) is 14.5. The van der Waals surface area contributed by atoms with Gasteiger partial charge in [-0.25, -0.2) is 4.39 Å². The zero-order chi connectivity index (χ0) is 13.8. The minimum Gasteiger partial charge on any atom is -0.311 e. The van der Waals surface area contributed by atoms with E-state index in [9.17, 15) is 4.39 Å². The van der Waals surface area contributed by atoms with E-state index in [2.05, 4.69) is 26.1 Å². The van der Waals surface area contributed by atoms with Gasteiger partial charge in [0, 0.05) is 12.1 Å². The van der Waals surface area contributed by atoms with Gasteiger partial charge >= 0.3 is 0 Å². The van der Waals surface area contributed by atoms with Crippen LogP contribution in [-0.4, -0.2) is 12.1 Å². The summed E-state index contributed by atoms with van der Waals surface area (Å²) >= 11 is 0. The Balaban J connectivity index is 1.87. The summed E-state index contributed by atoms with van der Waals surface area (Å²) in [7, 11) is 0. The van der Waals surface area contributed by atoms with Gasteiger partial charge in [0.15, 0.2) is 0 Å². The summed E-state index contributed by atoms with van der Waals surface area (Å²) in [6.07, 6.45) is 4.65. The molecule has 2 rings (SSSR count). The van der Waals surface area contributed by atoms with Crippen LogP contribution in [0.2, 0.25) is 0 Å². The van der Waals surface area contributed by atoms with Crippen LogP contribution < -0.4 is 5.32 Å². The Morgan fingerprint density at radius 1 is 1.26 bits per heavy atom. The van der Waals surface area contributed by atoms with E-state index in [4.69, 9.17) is 0 Å². The van der Waals surface area contributed by atoms with E-state index in [0.717, 1.165) is 23.8 Å². The number of benzene rings is 1. The molecule has 0 spiro atoms. The van der Waals surface area contributed by atoms with E-state index < -0.39 is 0 Å². The van der Waals surface area contributed by atoms with E-state index in [-0.39, 0.29) is 5.82 Å². The maximum Gasteiger partial charge on any atom is 0.126 e. The Kier molecular flexibility index (Phi) is 4.98. The van der Waals surface area contributed by atoms with Crippen molar-refractivity contribution in [2.24, 2.45) is 11.8 Å². The highest BCUT2D eigenvalue weighted by Crippen LogP contribution is 2.29. The number of halogens is 1. The highest BCUT2D eigenvalue weighted by molar-refractivity contribution is 5.18. The molecule has 1 saturated carbocycles. The molecular weight excluding hydrogens is 237 g/mol. The van der Waals surface area contributed by atoms with Crippen molar-refractivity contribution in [3.63, 3.8) is 0 Å². The molecule has 0 bridgehead atoms. The van der Waals surface area contributed by atoms with Crippen LogP contribution in [0.25, 0.3) is 0 Å². The molecule has 1 aliphatic carbocycles. The van der Waals surface area contributed by atoms with Gasteiger partial charge in [-0.2, -0.15) is 0 Å². The van der Waals surface area contributed by atoms with E-state index in [1.807, 2.05) is 12.1 Å². The molecule has 4 unspecified atom stereocenters. The Morgan fingerprint density at radius 2 is 2.00 bits per heavy atom. The molecule has 1 aliphatic rings. The summed E-state index contributed by atoms with van der Waals surface area (Å²) in [4.78, 5) is 0. The highest BCUT2D eigenvalue weighted by atomic mass is 19.1. The second-order valence-corrected chi connectivity index (χ2v) is 6.37. The molecule has 0 aliphatic heterocycles. The topological polar surface area (TPSA) is 12.0 Å². The third-order valence-corrected chi connectivity index (χ3v) is 4.41. The molecule has 106 valence electrons. The van der Waals surface area contributed by atoms with Crippen molar-refractivity contribution < 1.29 is 4.39 Å². The summed E-state index contributed by atoms with van der Waals surface area (Å²) < 4.78 is 13.6. The molecule has 4 atom stereocenters. The second-order valence-electron chi connectivity index (χ2n) is 6.37. The zero-order valence-electron chi connectivity index (χ0n) is 12.3. The quantitative estimate of drug-likeness (QED) is 0.859. The van der Waals surface area contributed by atoms with Crippen LogP contribution in [0.1, 0.15) is 45.6 Å². The van der Waals surface area contributed by atoms with Gasteiger partial charge in [0.2, 0.25) is 0 Å². The first-order valence-corrected chi connectivity index (χ1v) is 7.55. The number of hydrogen-bond donors (Lipinski definition) is 1. The summed E-state index contributed by atoms with van der Waals surface area (Å²) in [5.74, 6) is 1.50. The average molecular weight is 263 g/mol. The summed E-state index contributed by atoms with van der Waals surface area (Å²) in [6, 6.07) is 8.03. The third kappa shape index (κ3) is 4.04. The lowest BCUT2D eigenvalue weighted by Crippen LogP contribution is -2.44. The van der Waals surface area contributed by atoms with Gasteiger partial charge in [0.1, 0.15) is 5.82 Å². The molecule has 0 amide bonds. The Labute approximate surface area is 116 Å². The Hall–Kier alpha value is -0.890. The smallest absolute Gasteiger partial charge is 0.126 e. The first-order valence-electron chi connectivity index (χ1n) is 7.55. The standard InChI is InChI=1S/C17H26FN/c1-12-8-9-17(13(2)10-12)19-14(3)11-15-6-4-5-7-16(15)18/h4-7,12-14,17,19H,8-11H2,1-3H3. The fourth-order valence-corrected chi connectivity index (χ4v) is 3.33. The lowest BCUT2D eigenvalue weighted by Gasteiger charge is -2.35. The molecule has 0 saturated heterocycles. The minimum absolute atomic E-state index is 0.0820. The van der Waals surface area contributed by atoms with Gasteiger partial charge in [0.05, 0.1) is 0 Å². The molecule has 1 aromatic rings. The normalized spacial score (nSPS) is 29.2. The predicted molar refractivity (Wildman–Crippen MR) is 78.7 cm³/mol. The highest BCUT2D eigenvalue weighted by Gasteiger charge is 2.26. The number of nitrogens with one attached hydrogen (secondary N) is 1. The maximum absolute atomic E-state index is 13.6. The van der Waals surface area contributed by atoms with Crippen molar-refractivity contribution >= 4 is 0 Å². The summed E-state index contributed by atoms with van der Waals surface area (Å²) in [5.41, 5.74) is 0.819. The Bertz CT molecular complexity index is 404. The second kappa shape index (κ2) is 6.51. The average Bonchev–Trinajstić information content (AvgIpc) is 2.36. The van der Waals surface area contributed by atoms with Crippen LogP contribution in [0.4, 0.5) is 4.39 Å². The van der Waals surface area contributed by atoms with Crippen molar-refractivity contribution in [1.29, 1.82) is 0 Å². The monoisotopic (exact) mass is 263 g/mol. The molecule has 1 N–H and O–H groups in total. The van der Waals surface area contributed by atoms with Gasteiger partial charge in [-0.05, 0) is 56.1 Å². The summed E-state index contributed by atoms with van der Waals surface area (Å²) in [5, 5.41) is 3.70. The summed E-state index contributed by atoms with van der Waals surface area (Å²) in [6.45, 7) is 6.84. The SMILES string of the molecule is CC1CCC(NC(C)Cc2ccccc2F)C(C)C1. The maximum atomic E-state index is 13.6. The molecular formula is C17H26FN. The predicted octanol–water partition coefficient (Wildman–Crippen LogP) is 4.17. The van der Waals surface area contributed by atoms with Crippen LogP contribution in [0, 0.1) is 17.7 Å². The van der Waals surface area contributed by atoms with Gasteiger partial charge in [-0.15, -0.1) is 0 Å². The number of hydrogen-bond acceptors (Lipinski definition) is 1. The van der Waals surface area contributed by atoms with E-state index in [1.54, 1.807) is 12.1 Å². The fourth-order valence-electron chi connectivity index (χ4n) is 3.33. The van der Waals surface area contributed by atoms with Gasteiger partial charge < -0.3 is 5.32 Å². The molecule has 0 radical (unpaired) electrons. The van der Waals surface area contributed by atoms with Crippen molar-refractivity contribution in [2.75, 3.05) is 0 Å². The van der Waals surface area contributed by atoms with Crippen LogP contribution in [0.3, 0.4) is 0 Å². The molecule has 1 fully saturated rings.